The van der Waals surface area contributed by atoms with Crippen LogP contribution in [-0.4, -0.2) is 167 Å². The highest BCUT2D eigenvalue weighted by atomic mass is 19.1. The maximum absolute atomic E-state index is 15.1. The fraction of sp³-hybridized carbons (Fsp3) is 0.544. The number of halogens is 1. The molecule has 4 saturated heterocycles. The van der Waals surface area contributed by atoms with Gasteiger partial charge in [0.15, 0.2) is 0 Å². The van der Waals surface area contributed by atoms with Crippen LogP contribution in [0.25, 0.3) is 10.8 Å². The number of carbonyl (C=O) groups excluding carboxylic acids is 5. The molecular weight excluding hydrogens is 940 g/mol. The first-order valence-corrected chi connectivity index (χ1v) is 27.1. The number of nitrogens with zero attached hydrogens (tertiary/aromatic N) is 8. The lowest BCUT2D eigenvalue weighted by Crippen LogP contribution is -2.57. The number of likely N-dealkylation sites (tertiary alicyclic amines) is 2. The maximum Gasteiger partial charge on any atom is 0.272 e. The van der Waals surface area contributed by atoms with Gasteiger partial charge in [-0.3, -0.25) is 38.6 Å². The second-order valence-electron chi connectivity index (χ2n) is 21.8. The normalized spacial score (nSPS) is 21.5. The van der Waals surface area contributed by atoms with Crippen molar-refractivity contribution in [3.05, 3.63) is 111 Å². The van der Waals surface area contributed by atoms with Gasteiger partial charge in [-0.05, 0) is 118 Å². The second kappa shape index (κ2) is 22.5. The summed E-state index contributed by atoms with van der Waals surface area (Å²) in [6, 6.07) is 20.9. The van der Waals surface area contributed by atoms with E-state index in [-0.39, 0.29) is 46.6 Å². The van der Waals surface area contributed by atoms with E-state index in [2.05, 4.69) is 31.4 Å². The number of nitriles is 1. The Morgan fingerprint density at radius 3 is 2.19 bits per heavy atom. The summed E-state index contributed by atoms with van der Waals surface area (Å²) in [4.78, 5) is 92.9. The average molecular weight is 1010 g/mol. The van der Waals surface area contributed by atoms with Crippen molar-refractivity contribution >= 4 is 40.3 Å². The molecule has 390 valence electrons. The standard InChI is InChI=1S/C57H69FN10O6/c58-48-16-15-40(33-49-45-13-4-5-14-46(45)53(71)62-61-49)32-47(48)54(72)66-30-28-65(29-31-66)50(69)37-63-22-17-39(18-23-63)35-64-24-26-67(27-25-64)55(73)51(41-8-2-1-3-9-41)60-52(70)43-11-6-10-42(34-43)44-12-7-21-68(36-44)56(74)57(38-59)19-20-57/h4-6,10-11,13-16,32,34,39,41,44,51H,1-3,7-9,12,17-31,33,35-37H2,(H,60,70)(H,62,71)/t44?,51-/m1/s1. The molecule has 2 aliphatic carbocycles. The number of fused-ring (bicyclic) bond motifs is 1. The Morgan fingerprint density at radius 2 is 1.46 bits per heavy atom. The molecule has 0 radical (unpaired) electrons. The van der Waals surface area contributed by atoms with Gasteiger partial charge < -0.3 is 24.9 Å². The van der Waals surface area contributed by atoms with E-state index in [0.29, 0.717) is 112 Å². The Morgan fingerprint density at radius 1 is 0.743 bits per heavy atom. The smallest absolute Gasteiger partial charge is 0.272 e. The van der Waals surface area contributed by atoms with Crippen molar-refractivity contribution in [1.29, 1.82) is 5.26 Å². The maximum atomic E-state index is 15.1. The van der Waals surface area contributed by atoms with Crippen LogP contribution in [0, 0.1) is 34.4 Å². The monoisotopic (exact) mass is 1010 g/mol. The van der Waals surface area contributed by atoms with E-state index in [0.717, 1.165) is 96.1 Å². The number of hydrogen-bond acceptors (Lipinski definition) is 10. The van der Waals surface area contributed by atoms with Crippen molar-refractivity contribution < 1.29 is 28.4 Å². The van der Waals surface area contributed by atoms with Crippen LogP contribution in [0.15, 0.2) is 71.5 Å². The number of piperidine rings is 2. The van der Waals surface area contributed by atoms with E-state index < -0.39 is 23.2 Å². The average Bonchev–Trinajstić information content (AvgIpc) is 4.26. The van der Waals surface area contributed by atoms with E-state index in [4.69, 9.17) is 0 Å². The summed E-state index contributed by atoms with van der Waals surface area (Å²) >= 11 is 0. The Bertz CT molecular complexity index is 2830. The van der Waals surface area contributed by atoms with E-state index in [1.54, 1.807) is 34.1 Å². The summed E-state index contributed by atoms with van der Waals surface area (Å²) in [5, 5.41) is 20.8. The zero-order valence-electron chi connectivity index (χ0n) is 42.5. The van der Waals surface area contributed by atoms with Gasteiger partial charge in [-0.2, -0.15) is 10.4 Å². The lowest BCUT2D eigenvalue weighted by molar-refractivity contribution is -0.137. The van der Waals surface area contributed by atoms with Crippen LogP contribution in [-0.2, 0) is 20.8 Å². The van der Waals surface area contributed by atoms with Gasteiger partial charge in [0.05, 0.1) is 29.3 Å². The van der Waals surface area contributed by atoms with Crippen molar-refractivity contribution in [2.45, 2.75) is 89.0 Å². The Kier molecular flexibility index (Phi) is 15.5. The van der Waals surface area contributed by atoms with Crippen LogP contribution in [0.4, 0.5) is 4.39 Å². The SMILES string of the molecule is N#CC1(C(=O)N2CCCC(c3cccc(C(=O)N[C@@H](C(=O)N4CCN(CC5CCN(CC(=O)N6CCN(C(=O)c7cc(Cc8n[nH]c(=O)c9ccccc89)ccc7F)CC6)CC5)CC4)C4CCCCC4)c3)C2)CC1. The number of aromatic amines is 1. The first kappa shape index (κ1) is 51.0. The molecule has 0 bridgehead atoms. The van der Waals surface area contributed by atoms with E-state index in [1.807, 2.05) is 46.2 Å². The number of aromatic nitrogens is 2. The van der Waals surface area contributed by atoms with Crippen LogP contribution in [0.3, 0.4) is 0 Å². The number of nitrogens with one attached hydrogen (secondary N) is 2. The molecule has 2 N–H and O–H groups in total. The fourth-order valence-corrected chi connectivity index (χ4v) is 12.2. The minimum Gasteiger partial charge on any atom is -0.341 e. The van der Waals surface area contributed by atoms with Crippen molar-refractivity contribution in [3.63, 3.8) is 0 Å². The van der Waals surface area contributed by atoms with Gasteiger partial charge in [0.25, 0.3) is 17.4 Å². The molecule has 2 saturated carbocycles. The summed E-state index contributed by atoms with van der Waals surface area (Å²) in [6.45, 7) is 8.23. The van der Waals surface area contributed by atoms with Gasteiger partial charge in [-0.25, -0.2) is 9.49 Å². The lowest BCUT2D eigenvalue weighted by Gasteiger charge is -2.41. The molecular formula is C57H69FN10O6. The topological polar surface area (TPSA) is 186 Å². The second-order valence-corrected chi connectivity index (χ2v) is 21.8. The number of piperazine rings is 2. The molecule has 74 heavy (non-hydrogen) atoms. The molecule has 5 heterocycles. The predicted octanol–water partition coefficient (Wildman–Crippen LogP) is 5.18. The molecule has 2 atom stereocenters. The van der Waals surface area contributed by atoms with Gasteiger partial charge in [-0.1, -0.05) is 55.7 Å². The molecule has 10 rings (SSSR count). The number of hydrogen-bond donors (Lipinski definition) is 2. The van der Waals surface area contributed by atoms with Gasteiger partial charge in [0.2, 0.25) is 17.7 Å². The van der Waals surface area contributed by atoms with E-state index in [1.165, 1.54) is 6.07 Å². The third-order valence-electron chi connectivity index (χ3n) is 17.0. The minimum atomic E-state index is -0.844. The molecule has 17 heteroatoms. The molecule has 4 aromatic rings. The van der Waals surface area contributed by atoms with Crippen LogP contribution in [0.1, 0.15) is 114 Å². The van der Waals surface area contributed by atoms with Gasteiger partial charge in [-0.15, -0.1) is 0 Å². The zero-order valence-corrected chi connectivity index (χ0v) is 42.5. The molecule has 3 aromatic carbocycles. The highest BCUT2D eigenvalue weighted by Gasteiger charge is 2.53. The fourth-order valence-electron chi connectivity index (χ4n) is 12.2. The third kappa shape index (κ3) is 11.4. The summed E-state index contributed by atoms with van der Waals surface area (Å²) < 4.78 is 15.1. The Balaban J connectivity index is 0.659. The van der Waals surface area contributed by atoms with Crippen LogP contribution < -0.4 is 10.9 Å². The Hall–Kier alpha value is -6.51. The van der Waals surface area contributed by atoms with Gasteiger partial charge >= 0.3 is 0 Å². The summed E-state index contributed by atoms with van der Waals surface area (Å²) in [6.07, 6.45) is 10.3. The van der Waals surface area contributed by atoms with Crippen molar-refractivity contribution in [3.8, 4) is 6.07 Å². The molecule has 16 nitrogen and oxygen atoms in total. The van der Waals surface area contributed by atoms with Crippen molar-refractivity contribution in [2.75, 3.05) is 91.6 Å². The number of rotatable bonds is 13. The van der Waals surface area contributed by atoms with Crippen molar-refractivity contribution in [1.82, 2.24) is 44.9 Å². The third-order valence-corrected chi connectivity index (χ3v) is 17.0. The zero-order chi connectivity index (χ0) is 51.3. The predicted molar refractivity (Wildman–Crippen MR) is 276 cm³/mol. The first-order valence-electron chi connectivity index (χ1n) is 27.1. The first-order chi connectivity index (χ1) is 35.9. The number of benzene rings is 3. The minimum absolute atomic E-state index is 0.00580. The summed E-state index contributed by atoms with van der Waals surface area (Å²) in [7, 11) is 0. The molecule has 6 fully saturated rings. The highest BCUT2D eigenvalue weighted by molar-refractivity contribution is 5.98. The largest absolute Gasteiger partial charge is 0.341 e. The molecule has 1 aromatic heterocycles. The molecule has 5 amide bonds. The highest BCUT2D eigenvalue weighted by Crippen LogP contribution is 2.47. The molecule has 6 aliphatic rings. The van der Waals surface area contributed by atoms with Crippen molar-refractivity contribution in [2.24, 2.45) is 17.3 Å². The Labute approximate surface area is 432 Å². The van der Waals surface area contributed by atoms with Gasteiger partial charge in [0.1, 0.15) is 17.3 Å². The summed E-state index contributed by atoms with van der Waals surface area (Å²) in [5.41, 5.74) is 1.68. The van der Waals surface area contributed by atoms with Crippen LogP contribution in [0.5, 0.6) is 0 Å². The summed E-state index contributed by atoms with van der Waals surface area (Å²) in [5.74, 6) is -0.639. The number of H-pyrrole nitrogens is 1. The van der Waals surface area contributed by atoms with E-state index >= 15 is 4.39 Å². The van der Waals surface area contributed by atoms with E-state index in [9.17, 15) is 34.0 Å². The number of carbonyl (C=O) groups is 5. The van der Waals surface area contributed by atoms with Gasteiger partial charge in [0, 0.05) is 95.3 Å². The van der Waals surface area contributed by atoms with Crippen LogP contribution in [0.2, 0.25) is 0 Å². The molecule has 1 unspecified atom stereocenters. The lowest BCUT2D eigenvalue weighted by atomic mass is 9.83. The molecule has 4 aliphatic heterocycles. The molecule has 0 spiro atoms. The van der Waals surface area contributed by atoms with Crippen LogP contribution >= 0.6 is 0 Å². The number of amides is 5. The quantitative estimate of drug-likeness (QED) is 0.181.